The van der Waals surface area contributed by atoms with E-state index < -0.39 is 40.1 Å². The van der Waals surface area contributed by atoms with Gasteiger partial charge in [-0.1, -0.05) is 15.9 Å². The van der Waals surface area contributed by atoms with E-state index in [0.29, 0.717) is 0 Å². The molecule has 19 heavy (non-hydrogen) atoms. The van der Waals surface area contributed by atoms with Crippen LogP contribution in [0.4, 0.5) is 17.6 Å². The Morgan fingerprint density at radius 2 is 2.00 bits per heavy atom. The average molecular weight is 365 g/mol. The van der Waals surface area contributed by atoms with E-state index >= 15 is 0 Å². The van der Waals surface area contributed by atoms with Gasteiger partial charge < -0.3 is 0 Å². The zero-order valence-corrected chi connectivity index (χ0v) is 11.8. The van der Waals surface area contributed by atoms with Gasteiger partial charge in [0.15, 0.2) is 5.82 Å². The first-order valence-corrected chi connectivity index (χ1v) is 7.48. The molecule has 0 aromatic carbocycles. The number of hydrogen-bond donors (Lipinski definition) is 0. The Balaban J connectivity index is 3.17. The van der Waals surface area contributed by atoms with E-state index in [1.165, 1.54) is 0 Å². The molecule has 0 radical (unpaired) electrons. The van der Waals surface area contributed by atoms with E-state index in [9.17, 15) is 26.0 Å². The summed E-state index contributed by atoms with van der Waals surface area (Å²) in [6.07, 6.45) is -3.73. The topological polar surface area (TPSA) is 50.3 Å². The van der Waals surface area contributed by atoms with Crippen LogP contribution < -0.4 is 0 Å². The van der Waals surface area contributed by atoms with Crippen molar-refractivity contribution < 1.29 is 26.0 Å². The summed E-state index contributed by atoms with van der Waals surface area (Å²) >= 11 is 2.85. The fourth-order valence-corrected chi connectivity index (χ4v) is 3.33. The minimum atomic E-state index is -4.72. The Kier molecular flexibility index (Phi) is 5.27. The third-order valence-electron chi connectivity index (χ3n) is 2.00. The molecule has 0 unspecified atom stereocenters. The summed E-state index contributed by atoms with van der Waals surface area (Å²) in [4.78, 5) is 3.30. The van der Waals surface area contributed by atoms with Gasteiger partial charge in [0.1, 0.15) is 6.54 Å². The van der Waals surface area contributed by atoms with Crippen LogP contribution in [0.2, 0.25) is 0 Å². The number of alkyl halides is 4. The SMILES string of the molecule is O=S(=O)(c1ncccc1F)N(CCBr)CC(F)(F)F. The number of rotatable bonds is 5. The van der Waals surface area contributed by atoms with Crippen molar-refractivity contribution in [3.8, 4) is 0 Å². The first-order valence-electron chi connectivity index (χ1n) is 4.92. The lowest BCUT2D eigenvalue weighted by Gasteiger charge is -2.22. The predicted octanol–water partition coefficient (Wildman–Crippen LogP) is 2.17. The Morgan fingerprint density at radius 3 is 2.47 bits per heavy atom. The molecule has 0 aliphatic heterocycles. The highest BCUT2D eigenvalue weighted by Crippen LogP contribution is 2.22. The average Bonchev–Trinajstić information content (AvgIpc) is 2.27. The summed E-state index contributed by atoms with van der Waals surface area (Å²) in [5, 5.41) is -1.03. The fraction of sp³-hybridized carbons (Fsp3) is 0.444. The molecule has 0 bridgehead atoms. The molecule has 0 spiro atoms. The van der Waals surface area contributed by atoms with Gasteiger partial charge in [-0.3, -0.25) is 0 Å². The lowest BCUT2D eigenvalue weighted by molar-refractivity contribution is -0.135. The van der Waals surface area contributed by atoms with Crippen LogP contribution in [-0.2, 0) is 10.0 Å². The van der Waals surface area contributed by atoms with Crippen LogP contribution >= 0.6 is 15.9 Å². The van der Waals surface area contributed by atoms with E-state index in [4.69, 9.17) is 0 Å². The van der Waals surface area contributed by atoms with Gasteiger partial charge in [0.2, 0.25) is 5.03 Å². The monoisotopic (exact) mass is 364 g/mol. The number of hydrogen-bond acceptors (Lipinski definition) is 3. The number of sulfonamides is 1. The molecule has 4 nitrogen and oxygen atoms in total. The third kappa shape index (κ3) is 4.39. The van der Waals surface area contributed by atoms with E-state index in [1.54, 1.807) is 0 Å². The minimum absolute atomic E-state index is 0.0171. The van der Waals surface area contributed by atoms with Crippen LogP contribution in [0.1, 0.15) is 0 Å². The number of halogens is 5. The van der Waals surface area contributed by atoms with Crippen molar-refractivity contribution in [2.24, 2.45) is 0 Å². The van der Waals surface area contributed by atoms with E-state index in [0.717, 1.165) is 18.3 Å². The van der Waals surface area contributed by atoms with Crippen molar-refractivity contribution in [1.82, 2.24) is 9.29 Å². The maximum Gasteiger partial charge on any atom is 0.402 e. The maximum absolute atomic E-state index is 13.4. The molecule has 1 aromatic rings. The first-order chi connectivity index (χ1) is 8.68. The van der Waals surface area contributed by atoms with Gasteiger partial charge in [0.05, 0.1) is 0 Å². The van der Waals surface area contributed by atoms with E-state index in [1.807, 2.05) is 0 Å². The van der Waals surface area contributed by atoms with Crippen LogP contribution in [0.3, 0.4) is 0 Å². The van der Waals surface area contributed by atoms with Crippen LogP contribution in [0.5, 0.6) is 0 Å². The summed E-state index contributed by atoms with van der Waals surface area (Å²) in [6, 6.07) is 1.97. The zero-order valence-electron chi connectivity index (χ0n) is 9.36. The number of pyridine rings is 1. The Bertz CT molecular complexity index is 535. The Morgan fingerprint density at radius 1 is 1.37 bits per heavy atom. The van der Waals surface area contributed by atoms with Crippen molar-refractivity contribution in [2.75, 3.05) is 18.4 Å². The molecule has 0 aliphatic carbocycles. The van der Waals surface area contributed by atoms with Gasteiger partial charge in [-0.2, -0.15) is 17.5 Å². The van der Waals surface area contributed by atoms with Crippen molar-refractivity contribution in [3.05, 3.63) is 24.1 Å². The summed E-state index contributed by atoms with van der Waals surface area (Å²) in [6.45, 7) is -2.14. The maximum atomic E-state index is 13.4. The van der Waals surface area contributed by atoms with Crippen molar-refractivity contribution in [2.45, 2.75) is 11.2 Å². The standard InChI is InChI=1S/C9H9BrF4N2O2S/c10-3-5-16(6-9(12,13)14)19(17,18)8-7(11)2-1-4-15-8/h1-2,4H,3,5-6H2. The van der Waals surface area contributed by atoms with Crippen LogP contribution in [0, 0.1) is 5.82 Å². The molecule has 0 aliphatic rings. The summed E-state index contributed by atoms with van der Waals surface area (Å²) in [7, 11) is -4.63. The van der Waals surface area contributed by atoms with Gasteiger partial charge in [-0.25, -0.2) is 17.8 Å². The smallest absolute Gasteiger partial charge is 0.241 e. The first kappa shape index (κ1) is 16.3. The molecule has 0 amide bonds. The molecule has 1 aromatic heterocycles. The molecule has 0 N–H and O–H groups in total. The molecular formula is C9H9BrF4N2O2S. The largest absolute Gasteiger partial charge is 0.402 e. The van der Waals surface area contributed by atoms with E-state index in [-0.39, 0.29) is 9.64 Å². The molecule has 0 saturated heterocycles. The van der Waals surface area contributed by atoms with Gasteiger partial charge in [-0.15, -0.1) is 0 Å². The summed E-state index contributed by atoms with van der Waals surface area (Å²) < 4.78 is 74.4. The highest BCUT2D eigenvalue weighted by molar-refractivity contribution is 9.09. The quantitative estimate of drug-likeness (QED) is 0.594. The number of aromatic nitrogens is 1. The molecule has 1 heterocycles. The highest BCUT2D eigenvalue weighted by atomic mass is 79.9. The van der Waals surface area contributed by atoms with Gasteiger partial charge in [0, 0.05) is 18.1 Å². The second-order valence-corrected chi connectivity index (χ2v) is 6.08. The molecule has 0 fully saturated rings. The molecular weight excluding hydrogens is 356 g/mol. The lowest BCUT2D eigenvalue weighted by Crippen LogP contribution is -2.40. The van der Waals surface area contributed by atoms with Crippen LogP contribution in [0.15, 0.2) is 23.4 Å². The summed E-state index contributed by atoms with van der Waals surface area (Å²) in [5.74, 6) is -1.19. The van der Waals surface area contributed by atoms with Gasteiger partial charge >= 0.3 is 6.18 Å². The molecule has 1 rings (SSSR count). The fourth-order valence-electron chi connectivity index (χ4n) is 1.26. The third-order valence-corrected chi connectivity index (χ3v) is 4.13. The normalized spacial score (nSPS) is 12.9. The van der Waals surface area contributed by atoms with Crippen molar-refractivity contribution >= 4 is 26.0 Å². The number of nitrogens with zero attached hydrogens (tertiary/aromatic N) is 2. The van der Waals surface area contributed by atoms with Crippen LogP contribution in [-0.4, -0.2) is 42.3 Å². The Labute approximate surface area is 115 Å². The zero-order chi connectivity index (χ0) is 14.7. The van der Waals surface area contributed by atoms with E-state index in [2.05, 4.69) is 20.9 Å². The second kappa shape index (κ2) is 6.14. The minimum Gasteiger partial charge on any atom is -0.241 e. The second-order valence-electron chi connectivity index (χ2n) is 3.43. The van der Waals surface area contributed by atoms with Crippen LogP contribution in [0.25, 0.3) is 0 Å². The summed E-state index contributed by atoms with van der Waals surface area (Å²) in [5.41, 5.74) is 0. The van der Waals surface area contributed by atoms with Gasteiger partial charge in [-0.05, 0) is 12.1 Å². The molecule has 0 saturated carbocycles. The Hall–Kier alpha value is -0.740. The molecule has 10 heteroatoms. The van der Waals surface area contributed by atoms with Crippen molar-refractivity contribution in [1.29, 1.82) is 0 Å². The molecule has 108 valence electrons. The highest BCUT2D eigenvalue weighted by Gasteiger charge is 2.38. The lowest BCUT2D eigenvalue weighted by atomic mass is 10.5. The molecule has 0 atom stereocenters. The predicted molar refractivity (Wildman–Crippen MR) is 62.8 cm³/mol. The van der Waals surface area contributed by atoms with Gasteiger partial charge in [0.25, 0.3) is 10.0 Å². The van der Waals surface area contributed by atoms with Crippen molar-refractivity contribution in [3.63, 3.8) is 0 Å².